The van der Waals surface area contributed by atoms with Crippen LogP contribution in [0, 0.1) is 0 Å². The molecule has 1 aromatic carbocycles. The van der Waals surface area contributed by atoms with Crippen molar-refractivity contribution in [3.63, 3.8) is 0 Å². The van der Waals surface area contributed by atoms with Crippen LogP contribution in [0.1, 0.15) is 44.7 Å². The van der Waals surface area contributed by atoms with E-state index in [2.05, 4.69) is 23.3 Å². The summed E-state index contributed by atoms with van der Waals surface area (Å²) in [6.07, 6.45) is 2.19. The van der Waals surface area contributed by atoms with Crippen molar-refractivity contribution in [2.75, 3.05) is 0 Å². The van der Waals surface area contributed by atoms with Crippen LogP contribution in [-0.2, 0) is 5.54 Å². The van der Waals surface area contributed by atoms with E-state index < -0.39 is 5.54 Å². The number of carbonyl (C=O) groups is 1. The number of amides is 2. The van der Waals surface area contributed by atoms with Crippen LogP contribution in [0.4, 0.5) is 4.79 Å². The minimum atomic E-state index is -0.398. The van der Waals surface area contributed by atoms with E-state index in [1.165, 1.54) is 0 Å². The number of hydrogen-bond donors (Lipinski definition) is 2. The van der Waals surface area contributed by atoms with Crippen molar-refractivity contribution in [1.29, 1.82) is 0 Å². The Balaban J connectivity index is 2.10. The minimum absolute atomic E-state index is 0.0896. The summed E-state index contributed by atoms with van der Waals surface area (Å²) in [5.41, 5.74) is 2.82. The lowest BCUT2D eigenvalue weighted by molar-refractivity contribution is 0.229. The molecule has 2 N–H and O–H groups in total. The van der Waals surface area contributed by atoms with Gasteiger partial charge < -0.3 is 10.6 Å². The third kappa shape index (κ3) is 3.60. The Labute approximate surface area is 115 Å². The van der Waals surface area contributed by atoms with Crippen molar-refractivity contribution in [1.82, 2.24) is 10.6 Å². The SMILES string of the molecule is C=C(C)c1cccc(C(C)(C)NC(=O)NC2CC2)c1. The van der Waals surface area contributed by atoms with Crippen molar-refractivity contribution in [2.24, 2.45) is 0 Å². The van der Waals surface area contributed by atoms with Crippen LogP contribution >= 0.6 is 0 Å². The maximum atomic E-state index is 11.9. The molecule has 1 aromatic rings. The quantitative estimate of drug-likeness (QED) is 0.853. The first-order valence-electron chi connectivity index (χ1n) is 6.73. The van der Waals surface area contributed by atoms with Crippen molar-refractivity contribution in [3.05, 3.63) is 42.0 Å². The van der Waals surface area contributed by atoms with Crippen LogP contribution in [-0.4, -0.2) is 12.1 Å². The largest absolute Gasteiger partial charge is 0.335 e. The normalized spacial score (nSPS) is 14.9. The monoisotopic (exact) mass is 258 g/mol. The second-order valence-electron chi connectivity index (χ2n) is 5.86. The molecule has 0 atom stereocenters. The fourth-order valence-corrected chi connectivity index (χ4v) is 1.98. The molecule has 2 amide bonds. The Morgan fingerprint density at radius 3 is 2.63 bits per heavy atom. The van der Waals surface area contributed by atoms with Gasteiger partial charge in [-0.2, -0.15) is 0 Å². The van der Waals surface area contributed by atoms with Gasteiger partial charge in [-0.25, -0.2) is 4.79 Å². The van der Waals surface area contributed by atoms with Gasteiger partial charge in [0.05, 0.1) is 5.54 Å². The van der Waals surface area contributed by atoms with Gasteiger partial charge in [-0.15, -0.1) is 0 Å². The van der Waals surface area contributed by atoms with Gasteiger partial charge in [0.2, 0.25) is 0 Å². The number of allylic oxidation sites excluding steroid dienone is 1. The number of benzene rings is 1. The van der Waals surface area contributed by atoms with Crippen LogP contribution in [0.25, 0.3) is 5.57 Å². The second-order valence-corrected chi connectivity index (χ2v) is 5.86. The first-order chi connectivity index (χ1) is 8.88. The predicted molar refractivity (Wildman–Crippen MR) is 78.9 cm³/mol. The molecule has 1 fully saturated rings. The van der Waals surface area contributed by atoms with E-state index in [0.29, 0.717) is 6.04 Å². The highest BCUT2D eigenvalue weighted by Gasteiger charge is 2.27. The fourth-order valence-electron chi connectivity index (χ4n) is 1.98. The third-order valence-corrected chi connectivity index (χ3v) is 3.42. The lowest BCUT2D eigenvalue weighted by Gasteiger charge is -2.27. The summed E-state index contributed by atoms with van der Waals surface area (Å²) in [6.45, 7) is 9.96. The van der Waals surface area contributed by atoms with Crippen LogP contribution in [0.15, 0.2) is 30.8 Å². The zero-order chi connectivity index (χ0) is 14.0. The lowest BCUT2D eigenvalue weighted by atomic mass is 9.92. The highest BCUT2D eigenvalue weighted by atomic mass is 16.2. The lowest BCUT2D eigenvalue weighted by Crippen LogP contribution is -2.47. The molecule has 102 valence electrons. The molecule has 19 heavy (non-hydrogen) atoms. The van der Waals surface area contributed by atoms with Crippen LogP contribution in [0.5, 0.6) is 0 Å². The molecule has 0 saturated heterocycles. The smallest absolute Gasteiger partial charge is 0.315 e. The number of rotatable bonds is 4. The van der Waals surface area contributed by atoms with E-state index in [1.54, 1.807) is 0 Å². The highest BCUT2D eigenvalue weighted by molar-refractivity contribution is 5.75. The summed E-state index contributed by atoms with van der Waals surface area (Å²) >= 11 is 0. The van der Waals surface area contributed by atoms with E-state index in [4.69, 9.17) is 0 Å². The molecule has 0 unspecified atom stereocenters. The predicted octanol–water partition coefficient (Wildman–Crippen LogP) is 3.42. The number of nitrogens with one attached hydrogen (secondary N) is 2. The zero-order valence-electron chi connectivity index (χ0n) is 11.9. The summed E-state index contributed by atoms with van der Waals surface area (Å²) in [5.74, 6) is 0. The molecule has 1 saturated carbocycles. The van der Waals surface area contributed by atoms with E-state index >= 15 is 0 Å². The average Bonchev–Trinajstić information content (AvgIpc) is 3.12. The van der Waals surface area contributed by atoms with E-state index in [-0.39, 0.29) is 6.03 Å². The molecule has 0 spiro atoms. The van der Waals surface area contributed by atoms with Gasteiger partial charge in [-0.1, -0.05) is 30.4 Å². The Kier molecular flexibility index (Phi) is 3.65. The van der Waals surface area contributed by atoms with Gasteiger partial charge in [-0.05, 0) is 50.8 Å². The zero-order valence-corrected chi connectivity index (χ0v) is 11.9. The first-order valence-corrected chi connectivity index (χ1v) is 6.73. The molecule has 0 bridgehead atoms. The average molecular weight is 258 g/mol. The molecule has 0 aromatic heterocycles. The van der Waals surface area contributed by atoms with Crippen LogP contribution in [0.3, 0.4) is 0 Å². The Hall–Kier alpha value is -1.77. The standard InChI is InChI=1S/C16H22N2O/c1-11(2)12-6-5-7-13(10-12)16(3,4)18-15(19)17-14-8-9-14/h5-7,10,14H,1,8-9H2,2-4H3,(H2,17,18,19). The van der Waals surface area contributed by atoms with Crippen LogP contribution in [0.2, 0.25) is 0 Å². The van der Waals surface area contributed by atoms with E-state index in [0.717, 1.165) is 29.5 Å². The molecule has 0 aliphatic heterocycles. The van der Waals surface area contributed by atoms with E-state index in [9.17, 15) is 4.79 Å². The molecule has 1 aliphatic carbocycles. The topological polar surface area (TPSA) is 41.1 Å². The van der Waals surface area contributed by atoms with Gasteiger partial charge in [0.1, 0.15) is 0 Å². The number of carbonyl (C=O) groups excluding carboxylic acids is 1. The minimum Gasteiger partial charge on any atom is -0.335 e. The molecule has 2 rings (SSSR count). The summed E-state index contributed by atoms with van der Waals surface area (Å²) < 4.78 is 0. The summed E-state index contributed by atoms with van der Waals surface area (Å²) in [4.78, 5) is 11.9. The Morgan fingerprint density at radius 1 is 1.37 bits per heavy atom. The van der Waals surface area contributed by atoms with Gasteiger partial charge in [0, 0.05) is 6.04 Å². The van der Waals surface area contributed by atoms with Crippen molar-refractivity contribution >= 4 is 11.6 Å². The third-order valence-electron chi connectivity index (χ3n) is 3.42. The number of urea groups is 1. The van der Waals surface area contributed by atoms with Crippen LogP contribution < -0.4 is 10.6 Å². The number of hydrogen-bond acceptors (Lipinski definition) is 1. The molecule has 0 heterocycles. The highest BCUT2D eigenvalue weighted by Crippen LogP contribution is 2.24. The van der Waals surface area contributed by atoms with Gasteiger partial charge in [0.25, 0.3) is 0 Å². The first kappa shape index (κ1) is 13.7. The maximum absolute atomic E-state index is 11.9. The molecule has 0 radical (unpaired) electrons. The van der Waals surface area contributed by atoms with Gasteiger partial charge in [-0.3, -0.25) is 0 Å². The molecular formula is C16H22N2O. The Morgan fingerprint density at radius 2 is 2.05 bits per heavy atom. The second kappa shape index (κ2) is 5.08. The summed E-state index contributed by atoms with van der Waals surface area (Å²) in [7, 11) is 0. The molecule has 3 nitrogen and oxygen atoms in total. The summed E-state index contributed by atoms with van der Waals surface area (Å²) in [6, 6.07) is 8.43. The molecule has 3 heteroatoms. The molecular weight excluding hydrogens is 236 g/mol. The van der Waals surface area contributed by atoms with Crippen molar-refractivity contribution in [2.45, 2.75) is 45.2 Å². The molecule has 1 aliphatic rings. The van der Waals surface area contributed by atoms with Gasteiger partial charge in [0.15, 0.2) is 0 Å². The summed E-state index contributed by atoms with van der Waals surface area (Å²) in [5, 5.41) is 5.98. The van der Waals surface area contributed by atoms with E-state index in [1.807, 2.05) is 39.0 Å². The fraction of sp³-hybridized carbons (Fsp3) is 0.438. The van der Waals surface area contributed by atoms with Crippen molar-refractivity contribution in [3.8, 4) is 0 Å². The maximum Gasteiger partial charge on any atom is 0.315 e. The van der Waals surface area contributed by atoms with Gasteiger partial charge >= 0.3 is 6.03 Å². The van der Waals surface area contributed by atoms with Crippen molar-refractivity contribution < 1.29 is 4.79 Å². The Bertz CT molecular complexity index is 501.